The van der Waals surface area contributed by atoms with Crippen molar-refractivity contribution in [1.29, 1.82) is 0 Å². The van der Waals surface area contributed by atoms with Crippen LogP contribution in [0.15, 0.2) is 35.6 Å². The smallest absolute Gasteiger partial charge is 0.357 e. The molecule has 1 unspecified atom stereocenters. The summed E-state index contributed by atoms with van der Waals surface area (Å²) in [5.74, 6) is 1.18. The monoisotopic (exact) mass is 354 g/mol. The SMILES string of the molecule is CCNC(=NCc1ncnn1C)NC(C)c1cccc(C(F)(F)F)c1. The molecular weight excluding hydrogens is 333 g/mol. The number of aromatic nitrogens is 3. The zero-order valence-corrected chi connectivity index (χ0v) is 14.3. The number of alkyl halides is 3. The van der Waals surface area contributed by atoms with E-state index in [4.69, 9.17) is 0 Å². The van der Waals surface area contributed by atoms with Gasteiger partial charge in [-0.3, -0.25) is 4.68 Å². The Labute approximate surface area is 144 Å². The Morgan fingerprint density at radius 1 is 1.36 bits per heavy atom. The Kier molecular flexibility index (Phi) is 6.00. The van der Waals surface area contributed by atoms with Gasteiger partial charge < -0.3 is 10.6 Å². The van der Waals surface area contributed by atoms with Crippen molar-refractivity contribution in [2.45, 2.75) is 32.6 Å². The van der Waals surface area contributed by atoms with Gasteiger partial charge in [-0.05, 0) is 31.5 Å². The van der Waals surface area contributed by atoms with Crippen LogP contribution in [0.2, 0.25) is 0 Å². The number of rotatable bonds is 5. The first-order valence-corrected chi connectivity index (χ1v) is 7.86. The van der Waals surface area contributed by atoms with E-state index in [0.29, 0.717) is 30.4 Å². The Hall–Kier alpha value is -2.58. The molecule has 0 saturated carbocycles. The highest BCUT2D eigenvalue weighted by atomic mass is 19.4. The van der Waals surface area contributed by atoms with E-state index in [2.05, 4.69) is 25.7 Å². The van der Waals surface area contributed by atoms with E-state index in [1.807, 2.05) is 6.92 Å². The number of hydrogen-bond donors (Lipinski definition) is 2. The van der Waals surface area contributed by atoms with Crippen LogP contribution in [-0.2, 0) is 19.8 Å². The van der Waals surface area contributed by atoms with Gasteiger partial charge in [-0.25, -0.2) is 9.98 Å². The van der Waals surface area contributed by atoms with Crippen LogP contribution in [0.1, 0.15) is 36.8 Å². The second kappa shape index (κ2) is 8.00. The summed E-state index contributed by atoms with van der Waals surface area (Å²) in [4.78, 5) is 8.49. The fraction of sp³-hybridized carbons (Fsp3) is 0.438. The Bertz CT molecular complexity index is 723. The zero-order valence-electron chi connectivity index (χ0n) is 14.3. The number of nitrogens with zero attached hydrogens (tertiary/aromatic N) is 4. The summed E-state index contributed by atoms with van der Waals surface area (Å²) in [7, 11) is 1.77. The zero-order chi connectivity index (χ0) is 18.4. The van der Waals surface area contributed by atoms with E-state index in [1.54, 1.807) is 24.7 Å². The lowest BCUT2D eigenvalue weighted by Crippen LogP contribution is -2.38. The quantitative estimate of drug-likeness (QED) is 0.640. The maximum absolute atomic E-state index is 12.9. The van der Waals surface area contributed by atoms with Crippen molar-refractivity contribution >= 4 is 5.96 Å². The van der Waals surface area contributed by atoms with Gasteiger partial charge in [-0.2, -0.15) is 18.3 Å². The number of nitrogens with one attached hydrogen (secondary N) is 2. The van der Waals surface area contributed by atoms with Crippen molar-refractivity contribution in [2.24, 2.45) is 12.0 Å². The van der Waals surface area contributed by atoms with Crippen molar-refractivity contribution in [3.05, 3.63) is 47.5 Å². The van der Waals surface area contributed by atoms with E-state index in [0.717, 1.165) is 12.1 Å². The molecular formula is C16H21F3N6. The standard InChI is InChI=1S/C16H21F3N6/c1-4-20-15(21-9-14-22-10-23-25(14)3)24-11(2)12-6-5-7-13(8-12)16(17,18)19/h5-8,10-11H,4,9H2,1-3H3,(H2,20,21,24). The highest BCUT2D eigenvalue weighted by molar-refractivity contribution is 5.80. The van der Waals surface area contributed by atoms with Crippen LogP contribution in [-0.4, -0.2) is 27.3 Å². The lowest BCUT2D eigenvalue weighted by molar-refractivity contribution is -0.137. The van der Waals surface area contributed by atoms with E-state index >= 15 is 0 Å². The fourth-order valence-corrected chi connectivity index (χ4v) is 2.21. The summed E-state index contributed by atoms with van der Waals surface area (Å²) >= 11 is 0. The summed E-state index contributed by atoms with van der Waals surface area (Å²) in [5.41, 5.74) is -0.140. The molecule has 0 saturated heterocycles. The summed E-state index contributed by atoms with van der Waals surface area (Å²) in [6, 6.07) is 4.91. The number of hydrogen-bond acceptors (Lipinski definition) is 3. The summed E-state index contributed by atoms with van der Waals surface area (Å²) in [6.45, 7) is 4.63. The minimum Gasteiger partial charge on any atom is -0.357 e. The third-order valence-corrected chi connectivity index (χ3v) is 3.60. The number of guanidine groups is 1. The maximum Gasteiger partial charge on any atom is 0.416 e. The molecule has 6 nitrogen and oxygen atoms in total. The van der Waals surface area contributed by atoms with Crippen molar-refractivity contribution in [1.82, 2.24) is 25.4 Å². The van der Waals surface area contributed by atoms with Gasteiger partial charge in [0.1, 0.15) is 18.7 Å². The van der Waals surface area contributed by atoms with E-state index in [9.17, 15) is 13.2 Å². The molecule has 1 atom stereocenters. The molecule has 0 radical (unpaired) electrons. The number of benzene rings is 1. The number of aliphatic imine (C=N–C) groups is 1. The molecule has 0 aliphatic rings. The van der Waals surface area contributed by atoms with Gasteiger partial charge in [0.2, 0.25) is 0 Å². The molecule has 1 aromatic carbocycles. The normalized spacial score (nSPS) is 13.6. The fourth-order valence-electron chi connectivity index (χ4n) is 2.21. The molecule has 0 spiro atoms. The van der Waals surface area contributed by atoms with Gasteiger partial charge in [-0.15, -0.1) is 0 Å². The van der Waals surface area contributed by atoms with Crippen LogP contribution in [0.25, 0.3) is 0 Å². The second-order valence-corrected chi connectivity index (χ2v) is 5.48. The van der Waals surface area contributed by atoms with E-state index in [1.165, 1.54) is 12.4 Å². The molecule has 9 heteroatoms. The highest BCUT2D eigenvalue weighted by Gasteiger charge is 2.30. The van der Waals surface area contributed by atoms with Crippen molar-refractivity contribution in [3.8, 4) is 0 Å². The first-order valence-electron chi connectivity index (χ1n) is 7.86. The van der Waals surface area contributed by atoms with Crippen LogP contribution >= 0.6 is 0 Å². The summed E-state index contributed by atoms with van der Waals surface area (Å²) in [6.07, 6.45) is -2.92. The minimum atomic E-state index is -4.36. The van der Waals surface area contributed by atoms with Crippen molar-refractivity contribution in [3.63, 3.8) is 0 Å². The largest absolute Gasteiger partial charge is 0.416 e. The maximum atomic E-state index is 12.9. The van der Waals surface area contributed by atoms with Crippen LogP contribution in [0.5, 0.6) is 0 Å². The predicted molar refractivity (Wildman–Crippen MR) is 88.8 cm³/mol. The first kappa shape index (κ1) is 18.8. The average molecular weight is 354 g/mol. The molecule has 136 valence electrons. The molecule has 0 bridgehead atoms. The van der Waals surface area contributed by atoms with Crippen molar-refractivity contribution < 1.29 is 13.2 Å². The molecule has 2 rings (SSSR count). The van der Waals surface area contributed by atoms with Gasteiger partial charge in [-0.1, -0.05) is 12.1 Å². The van der Waals surface area contributed by atoms with Crippen LogP contribution in [0.4, 0.5) is 13.2 Å². The van der Waals surface area contributed by atoms with Gasteiger partial charge in [0.15, 0.2) is 5.96 Å². The van der Waals surface area contributed by atoms with Crippen LogP contribution in [0, 0.1) is 0 Å². The lowest BCUT2D eigenvalue weighted by Gasteiger charge is -2.19. The topological polar surface area (TPSA) is 67.1 Å². The lowest BCUT2D eigenvalue weighted by atomic mass is 10.1. The third-order valence-electron chi connectivity index (χ3n) is 3.60. The second-order valence-electron chi connectivity index (χ2n) is 5.48. The van der Waals surface area contributed by atoms with Gasteiger partial charge in [0, 0.05) is 13.6 Å². The minimum absolute atomic E-state index is 0.307. The van der Waals surface area contributed by atoms with E-state index in [-0.39, 0.29) is 6.04 Å². The van der Waals surface area contributed by atoms with Gasteiger partial charge in [0.25, 0.3) is 0 Å². The van der Waals surface area contributed by atoms with Gasteiger partial charge in [0.05, 0.1) is 11.6 Å². The van der Waals surface area contributed by atoms with Gasteiger partial charge >= 0.3 is 6.18 Å². The molecule has 1 heterocycles. The predicted octanol–water partition coefficient (Wildman–Crippen LogP) is 2.65. The Balaban J connectivity index is 2.12. The summed E-state index contributed by atoms with van der Waals surface area (Å²) in [5, 5.41) is 10.1. The molecule has 1 aromatic heterocycles. The third kappa shape index (κ3) is 5.20. The molecule has 2 N–H and O–H groups in total. The Morgan fingerprint density at radius 2 is 2.12 bits per heavy atom. The molecule has 0 aliphatic carbocycles. The molecule has 0 aliphatic heterocycles. The Morgan fingerprint density at radius 3 is 2.72 bits per heavy atom. The summed E-state index contributed by atoms with van der Waals surface area (Å²) < 4.78 is 40.2. The average Bonchev–Trinajstić information content (AvgIpc) is 2.97. The van der Waals surface area contributed by atoms with Crippen molar-refractivity contribution in [2.75, 3.05) is 6.54 Å². The molecule has 0 amide bonds. The molecule has 25 heavy (non-hydrogen) atoms. The van der Waals surface area contributed by atoms with Crippen LogP contribution < -0.4 is 10.6 Å². The van der Waals surface area contributed by atoms with Crippen LogP contribution in [0.3, 0.4) is 0 Å². The number of aryl methyl sites for hydroxylation is 1. The molecule has 0 fully saturated rings. The number of halogens is 3. The first-order chi connectivity index (χ1) is 11.8. The molecule has 2 aromatic rings. The highest BCUT2D eigenvalue weighted by Crippen LogP contribution is 2.30. The van der Waals surface area contributed by atoms with E-state index < -0.39 is 11.7 Å².